The van der Waals surface area contributed by atoms with Crippen molar-refractivity contribution < 1.29 is 0 Å². The molecular formula is C18H29NS. The summed E-state index contributed by atoms with van der Waals surface area (Å²) >= 11 is 2.13. The van der Waals surface area contributed by atoms with Crippen molar-refractivity contribution in [2.24, 2.45) is 5.92 Å². The van der Waals surface area contributed by atoms with E-state index in [-0.39, 0.29) is 0 Å². The summed E-state index contributed by atoms with van der Waals surface area (Å²) in [5, 5.41) is 3.78. The van der Waals surface area contributed by atoms with Gasteiger partial charge < -0.3 is 5.32 Å². The Kier molecular flexibility index (Phi) is 6.95. The van der Waals surface area contributed by atoms with Crippen LogP contribution in [0.15, 0.2) is 24.3 Å². The van der Waals surface area contributed by atoms with Crippen LogP contribution in [0.1, 0.15) is 43.7 Å². The molecule has 1 fully saturated rings. The van der Waals surface area contributed by atoms with Crippen molar-refractivity contribution in [2.45, 2.75) is 52.0 Å². The molecule has 2 heteroatoms. The normalized spacial score (nSPS) is 18.1. The SMILES string of the molecule is CCCNC(Cc1cccc(C)c1)CC1CCSCC1. The molecule has 1 N–H and O–H groups in total. The Labute approximate surface area is 128 Å². The second kappa shape index (κ2) is 8.74. The van der Waals surface area contributed by atoms with Gasteiger partial charge in [0.15, 0.2) is 0 Å². The van der Waals surface area contributed by atoms with E-state index in [9.17, 15) is 0 Å². The molecule has 1 unspecified atom stereocenters. The summed E-state index contributed by atoms with van der Waals surface area (Å²) in [5.74, 6) is 3.68. The second-order valence-electron chi connectivity index (χ2n) is 6.14. The maximum absolute atomic E-state index is 3.78. The minimum absolute atomic E-state index is 0.657. The van der Waals surface area contributed by atoms with Crippen molar-refractivity contribution in [3.05, 3.63) is 35.4 Å². The van der Waals surface area contributed by atoms with Gasteiger partial charge in [0.2, 0.25) is 0 Å². The van der Waals surface area contributed by atoms with Crippen LogP contribution in [0.25, 0.3) is 0 Å². The molecule has 0 radical (unpaired) electrons. The third kappa shape index (κ3) is 5.49. The molecule has 1 saturated heterocycles. The van der Waals surface area contributed by atoms with Gasteiger partial charge in [-0.1, -0.05) is 36.8 Å². The zero-order valence-electron chi connectivity index (χ0n) is 13.0. The van der Waals surface area contributed by atoms with E-state index in [1.54, 1.807) is 0 Å². The fraction of sp³-hybridized carbons (Fsp3) is 0.667. The molecule has 1 atom stereocenters. The molecule has 20 heavy (non-hydrogen) atoms. The number of hydrogen-bond acceptors (Lipinski definition) is 2. The van der Waals surface area contributed by atoms with E-state index in [1.165, 1.54) is 54.7 Å². The summed E-state index contributed by atoms with van der Waals surface area (Å²) in [6, 6.07) is 9.67. The predicted molar refractivity (Wildman–Crippen MR) is 91.6 cm³/mol. The fourth-order valence-electron chi connectivity index (χ4n) is 3.10. The third-order valence-electron chi connectivity index (χ3n) is 4.21. The molecule has 1 aliphatic rings. The lowest BCUT2D eigenvalue weighted by Crippen LogP contribution is -2.34. The highest BCUT2D eigenvalue weighted by atomic mass is 32.2. The van der Waals surface area contributed by atoms with E-state index < -0.39 is 0 Å². The summed E-state index contributed by atoms with van der Waals surface area (Å²) in [7, 11) is 0. The maximum atomic E-state index is 3.78. The van der Waals surface area contributed by atoms with Crippen molar-refractivity contribution in [3.8, 4) is 0 Å². The predicted octanol–water partition coefficient (Wildman–Crippen LogP) is 4.44. The topological polar surface area (TPSA) is 12.0 Å². The number of hydrogen-bond donors (Lipinski definition) is 1. The molecule has 1 aromatic carbocycles. The maximum Gasteiger partial charge on any atom is 0.0110 e. The van der Waals surface area contributed by atoms with Crippen LogP contribution < -0.4 is 5.32 Å². The van der Waals surface area contributed by atoms with Gasteiger partial charge in [0.1, 0.15) is 0 Å². The Bertz CT molecular complexity index is 385. The summed E-state index contributed by atoms with van der Waals surface area (Å²) < 4.78 is 0. The van der Waals surface area contributed by atoms with Gasteiger partial charge in [0, 0.05) is 6.04 Å². The molecular weight excluding hydrogens is 262 g/mol. The minimum Gasteiger partial charge on any atom is -0.314 e. The lowest BCUT2D eigenvalue weighted by atomic mass is 9.91. The van der Waals surface area contributed by atoms with Crippen molar-refractivity contribution in [2.75, 3.05) is 18.1 Å². The Morgan fingerprint density at radius 1 is 1.30 bits per heavy atom. The van der Waals surface area contributed by atoms with Gasteiger partial charge in [-0.25, -0.2) is 0 Å². The largest absolute Gasteiger partial charge is 0.314 e. The first kappa shape index (κ1) is 15.9. The van der Waals surface area contributed by atoms with E-state index in [2.05, 4.69) is 55.2 Å². The minimum atomic E-state index is 0.657. The van der Waals surface area contributed by atoms with Gasteiger partial charge in [-0.05, 0) is 68.6 Å². The molecule has 2 rings (SSSR count). The molecule has 1 aliphatic heterocycles. The standard InChI is InChI=1S/C18H29NS/c1-3-9-19-18(13-16-7-10-20-11-8-16)14-17-6-4-5-15(2)12-17/h4-6,12,16,18-19H,3,7-11,13-14H2,1-2H3. The van der Waals surface area contributed by atoms with Crippen molar-refractivity contribution in [1.82, 2.24) is 5.32 Å². The van der Waals surface area contributed by atoms with Crippen molar-refractivity contribution in [1.29, 1.82) is 0 Å². The summed E-state index contributed by atoms with van der Waals surface area (Å²) in [6.07, 6.45) is 6.61. The van der Waals surface area contributed by atoms with E-state index in [1.807, 2.05) is 0 Å². The lowest BCUT2D eigenvalue weighted by Gasteiger charge is -2.27. The van der Waals surface area contributed by atoms with Gasteiger partial charge in [-0.3, -0.25) is 0 Å². The van der Waals surface area contributed by atoms with Gasteiger partial charge in [0.25, 0.3) is 0 Å². The summed E-state index contributed by atoms with van der Waals surface area (Å²) in [6.45, 7) is 5.60. The smallest absolute Gasteiger partial charge is 0.0110 e. The first-order valence-corrected chi connectivity index (χ1v) is 9.30. The zero-order chi connectivity index (χ0) is 14.2. The van der Waals surface area contributed by atoms with Crippen LogP contribution in [0.3, 0.4) is 0 Å². The van der Waals surface area contributed by atoms with Crippen molar-refractivity contribution >= 4 is 11.8 Å². The summed E-state index contributed by atoms with van der Waals surface area (Å²) in [5.41, 5.74) is 2.87. The van der Waals surface area contributed by atoms with Gasteiger partial charge >= 0.3 is 0 Å². The van der Waals surface area contributed by atoms with Crippen LogP contribution in [0.4, 0.5) is 0 Å². The van der Waals surface area contributed by atoms with E-state index >= 15 is 0 Å². The van der Waals surface area contributed by atoms with Crippen LogP contribution in [0.5, 0.6) is 0 Å². The Balaban J connectivity index is 1.91. The number of aryl methyl sites for hydroxylation is 1. The molecule has 112 valence electrons. The number of nitrogens with one attached hydrogen (secondary N) is 1. The first-order chi connectivity index (χ1) is 9.78. The molecule has 0 aromatic heterocycles. The highest BCUT2D eigenvalue weighted by Gasteiger charge is 2.19. The molecule has 0 spiro atoms. The van der Waals surface area contributed by atoms with Gasteiger partial charge in [-0.2, -0.15) is 11.8 Å². The zero-order valence-corrected chi connectivity index (χ0v) is 13.8. The van der Waals surface area contributed by atoms with E-state index in [0.29, 0.717) is 6.04 Å². The average molecular weight is 292 g/mol. The lowest BCUT2D eigenvalue weighted by molar-refractivity contribution is 0.362. The van der Waals surface area contributed by atoms with Crippen LogP contribution >= 0.6 is 11.8 Å². The second-order valence-corrected chi connectivity index (χ2v) is 7.36. The average Bonchev–Trinajstić information content (AvgIpc) is 2.46. The Morgan fingerprint density at radius 2 is 2.10 bits per heavy atom. The molecule has 0 amide bonds. The van der Waals surface area contributed by atoms with Gasteiger partial charge in [0.05, 0.1) is 0 Å². The van der Waals surface area contributed by atoms with Crippen LogP contribution in [-0.4, -0.2) is 24.1 Å². The van der Waals surface area contributed by atoms with E-state index in [0.717, 1.165) is 12.5 Å². The van der Waals surface area contributed by atoms with Crippen molar-refractivity contribution in [3.63, 3.8) is 0 Å². The Morgan fingerprint density at radius 3 is 2.80 bits per heavy atom. The molecule has 0 saturated carbocycles. The number of benzene rings is 1. The third-order valence-corrected chi connectivity index (χ3v) is 5.26. The molecule has 1 heterocycles. The van der Waals surface area contributed by atoms with Crippen LogP contribution in [-0.2, 0) is 6.42 Å². The summed E-state index contributed by atoms with van der Waals surface area (Å²) in [4.78, 5) is 0. The van der Waals surface area contributed by atoms with Gasteiger partial charge in [-0.15, -0.1) is 0 Å². The van der Waals surface area contributed by atoms with Crippen LogP contribution in [0, 0.1) is 12.8 Å². The first-order valence-electron chi connectivity index (χ1n) is 8.14. The molecule has 1 aromatic rings. The molecule has 0 bridgehead atoms. The molecule has 1 nitrogen and oxygen atoms in total. The Hall–Kier alpha value is -0.470. The number of thioether (sulfide) groups is 1. The number of rotatable bonds is 7. The van der Waals surface area contributed by atoms with Crippen LogP contribution in [0.2, 0.25) is 0 Å². The monoisotopic (exact) mass is 291 g/mol. The molecule has 0 aliphatic carbocycles. The highest BCUT2D eigenvalue weighted by molar-refractivity contribution is 7.99. The fourth-order valence-corrected chi connectivity index (χ4v) is 4.30. The van der Waals surface area contributed by atoms with E-state index in [4.69, 9.17) is 0 Å². The quantitative estimate of drug-likeness (QED) is 0.797. The highest BCUT2D eigenvalue weighted by Crippen LogP contribution is 2.27.